The molecule has 1 aliphatic carbocycles. The molecule has 110 valence electrons. The summed E-state index contributed by atoms with van der Waals surface area (Å²) < 4.78 is 0. The van der Waals surface area contributed by atoms with Crippen molar-refractivity contribution in [3.05, 3.63) is 28.8 Å². The number of urea groups is 1. The smallest absolute Gasteiger partial charge is 0.329 e. The molecule has 0 spiro atoms. The molecule has 0 saturated heterocycles. The Morgan fingerprint density at radius 1 is 1.48 bits per heavy atom. The minimum absolute atomic E-state index is 0.0736. The van der Waals surface area contributed by atoms with Crippen LogP contribution in [0.25, 0.3) is 0 Å². The Hall–Kier alpha value is -2.26. The van der Waals surface area contributed by atoms with E-state index in [-0.39, 0.29) is 17.2 Å². The van der Waals surface area contributed by atoms with E-state index < -0.39 is 17.5 Å². The standard InChI is InChI=1S/C14H14ClN3O3/c1-14(12(19)20,9-3-4-9)18-13(21)17-11-6-10(15)5-2-8(11)7-16/h2,5-6,9H,3-4H2,1H3,(H,19,20)(H2,17,18,21). The van der Waals surface area contributed by atoms with Crippen LogP contribution in [0, 0.1) is 17.2 Å². The molecular formula is C14H14ClN3O3. The van der Waals surface area contributed by atoms with Crippen LogP contribution in [0.5, 0.6) is 0 Å². The molecular weight excluding hydrogens is 294 g/mol. The largest absolute Gasteiger partial charge is 0.480 e. The molecule has 7 heteroatoms. The quantitative estimate of drug-likeness (QED) is 0.795. The Morgan fingerprint density at radius 3 is 2.67 bits per heavy atom. The average Bonchev–Trinajstić information content (AvgIpc) is 3.23. The molecule has 1 aromatic carbocycles. The third-order valence-electron chi connectivity index (χ3n) is 3.56. The van der Waals surface area contributed by atoms with E-state index in [2.05, 4.69) is 10.6 Å². The molecule has 2 rings (SSSR count). The molecule has 1 saturated carbocycles. The van der Waals surface area contributed by atoms with Gasteiger partial charge >= 0.3 is 12.0 Å². The highest BCUT2D eigenvalue weighted by atomic mass is 35.5. The molecule has 6 nitrogen and oxygen atoms in total. The Balaban J connectivity index is 2.13. The van der Waals surface area contributed by atoms with Gasteiger partial charge in [-0.15, -0.1) is 0 Å². The highest BCUT2D eigenvalue weighted by Gasteiger charge is 2.48. The first kappa shape index (κ1) is 15.1. The van der Waals surface area contributed by atoms with E-state index in [0.717, 1.165) is 12.8 Å². The summed E-state index contributed by atoms with van der Waals surface area (Å²) in [6, 6.07) is 5.71. The summed E-state index contributed by atoms with van der Waals surface area (Å²) in [5.74, 6) is -1.15. The second-order valence-corrected chi connectivity index (χ2v) is 5.60. The maximum Gasteiger partial charge on any atom is 0.329 e. The zero-order valence-electron chi connectivity index (χ0n) is 11.3. The summed E-state index contributed by atoms with van der Waals surface area (Å²) in [6.07, 6.45) is 1.54. The molecule has 3 N–H and O–H groups in total. The summed E-state index contributed by atoms with van der Waals surface area (Å²) in [4.78, 5) is 23.4. The first-order valence-electron chi connectivity index (χ1n) is 6.39. The molecule has 0 heterocycles. The van der Waals surface area contributed by atoms with Crippen LogP contribution in [0.1, 0.15) is 25.3 Å². The molecule has 0 aromatic heterocycles. The fourth-order valence-electron chi connectivity index (χ4n) is 2.10. The lowest BCUT2D eigenvalue weighted by Gasteiger charge is -2.26. The molecule has 1 atom stereocenters. The van der Waals surface area contributed by atoms with Gasteiger partial charge in [0.15, 0.2) is 0 Å². The van der Waals surface area contributed by atoms with E-state index in [1.165, 1.54) is 25.1 Å². The molecule has 0 aliphatic heterocycles. The Morgan fingerprint density at radius 2 is 2.14 bits per heavy atom. The molecule has 0 radical (unpaired) electrons. The number of carbonyl (C=O) groups is 2. The third kappa shape index (κ3) is 3.26. The first-order chi connectivity index (χ1) is 9.86. The summed E-state index contributed by atoms with van der Waals surface area (Å²) >= 11 is 5.83. The van der Waals surface area contributed by atoms with Crippen LogP contribution >= 0.6 is 11.6 Å². The van der Waals surface area contributed by atoms with Crippen molar-refractivity contribution >= 4 is 29.3 Å². The van der Waals surface area contributed by atoms with Gasteiger partial charge < -0.3 is 15.7 Å². The van der Waals surface area contributed by atoms with Crippen molar-refractivity contribution in [2.75, 3.05) is 5.32 Å². The average molecular weight is 308 g/mol. The molecule has 1 aromatic rings. The van der Waals surface area contributed by atoms with E-state index in [1.807, 2.05) is 6.07 Å². The normalized spacial score (nSPS) is 16.4. The number of nitrogens with zero attached hydrogens (tertiary/aromatic N) is 1. The van der Waals surface area contributed by atoms with Gasteiger partial charge in [0, 0.05) is 5.02 Å². The van der Waals surface area contributed by atoms with Crippen LogP contribution in [-0.2, 0) is 4.79 Å². The summed E-state index contributed by atoms with van der Waals surface area (Å²) in [6.45, 7) is 1.48. The highest BCUT2D eigenvalue weighted by Crippen LogP contribution is 2.39. The van der Waals surface area contributed by atoms with Crippen molar-refractivity contribution in [1.29, 1.82) is 5.26 Å². The maximum atomic E-state index is 12.0. The van der Waals surface area contributed by atoms with Crippen LogP contribution in [0.4, 0.5) is 10.5 Å². The van der Waals surface area contributed by atoms with Crippen molar-refractivity contribution in [1.82, 2.24) is 5.32 Å². The summed E-state index contributed by atoms with van der Waals surface area (Å²) in [7, 11) is 0. The number of halogens is 1. The van der Waals surface area contributed by atoms with Gasteiger partial charge in [0.1, 0.15) is 11.6 Å². The fourth-order valence-corrected chi connectivity index (χ4v) is 2.27. The molecule has 1 fully saturated rings. The van der Waals surface area contributed by atoms with E-state index >= 15 is 0 Å². The zero-order chi connectivity index (χ0) is 15.6. The second-order valence-electron chi connectivity index (χ2n) is 5.16. The number of carboxylic acids is 1. The minimum Gasteiger partial charge on any atom is -0.480 e. The van der Waals surface area contributed by atoms with Crippen LogP contribution in [0.15, 0.2) is 18.2 Å². The van der Waals surface area contributed by atoms with Crippen molar-refractivity contribution in [2.45, 2.75) is 25.3 Å². The molecule has 21 heavy (non-hydrogen) atoms. The fraction of sp³-hybridized carbons (Fsp3) is 0.357. The number of amides is 2. The van der Waals surface area contributed by atoms with Gasteiger partial charge in [-0.3, -0.25) is 0 Å². The number of benzene rings is 1. The van der Waals surface area contributed by atoms with Gasteiger partial charge in [0.2, 0.25) is 0 Å². The lowest BCUT2D eigenvalue weighted by molar-refractivity contribution is -0.144. The van der Waals surface area contributed by atoms with E-state index in [1.54, 1.807) is 0 Å². The number of nitriles is 1. The summed E-state index contributed by atoms with van der Waals surface area (Å²) in [5, 5.41) is 23.6. The minimum atomic E-state index is -1.31. The predicted octanol–water partition coefficient (Wildman–Crippen LogP) is 2.59. The maximum absolute atomic E-state index is 12.0. The van der Waals surface area contributed by atoms with Crippen molar-refractivity contribution in [2.24, 2.45) is 5.92 Å². The van der Waals surface area contributed by atoms with Gasteiger partial charge in [-0.05, 0) is 43.9 Å². The van der Waals surface area contributed by atoms with Crippen LogP contribution in [0.2, 0.25) is 5.02 Å². The van der Waals surface area contributed by atoms with Gasteiger partial charge in [0.25, 0.3) is 0 Å². The molecule has 1 aliphatic rings. The van der Waals surface area contributed by atoms with Crippen LogP contribution < -0.4 is 10.6 Å². The topological polar surface area (TPSA) is 102 Å². The van der Waals surface area contributed by atoms with Crippen molar-refractivity contribution in [3.63, 3.8) is 0 Å². The van der Waals surface area contributed by atoms with Crippen molar-refractivity contribution in [3.8, 4) is 6.07 Å². The second kappa shape index (κ2) is 5.62. The Labute approximate surface area is 126 Å². The SMILES string of the molecule is CC(NC(=O)Nc1cc(Cl)ccc1C#N)(C(=O)O)C1CC1. The number of hydrogen-bond donors (Lipinski definition) is 3. The van der Waals surface area contributed by atoms with Gasteiger partial charge in [0.05, 0.1) is 11.3 Å². The predicted molar refractivity (Wildman–Crippen MR) is 77.1 cm³/mol. The number of hydrogen-bond acceptors (Lipinski definition) is 3. The molecule has 2 amide bonds. The van der Waals surface area contributed by atoms with Crippen LogP contribution in [-0.4, -0.2) is 22.6 Å². The number of nitrogens with one attached hydrogen (secondary N) is 2. The van der Waals surface area contributed by atoms with Gasteiger partial charge in [-0.1, -0.05) is 11.6 Å². The van der Waals surface area contributed by atoms with Gasteiger partial charge in [-0.25, -0.2) is 9.59 Å². The number of aliphatic carboxylic acids is 1. The van der Waals surface area contributed by atoms with E-state index in [4.69, 9.17) is 16.9 Å². The Kier molecular flexibility index (Phi) is 4.05. The number of anilines is 1. The van der Waals surface area contributed by atoms with E-state index in [9.17, 15) is 14.7 Å². The zero-order valence-corrected chi connectivity index (χ0v) is 12.1. The van der Waals surface area contributed by atoms with Gasteiger partial charge in [-0.2, -0.15) is 5.26 Å². The highest BCUT2D eigenvalue weighted by molar-refractivity contribution is 6.31. The number of rotatable bonds is 4. The third-order valence-corrected chi connectivity index (χ3v) is 3.80. The number of carboxylic acid groups (broad SMARTS) is 1. The van der Waals surface area contributed by atoms with E-state index in [0.29, 0.717) is 5.02 Å². The van der Waals surface area contributed by atoms with Crippen LogP contribution in [0.3, 0.4) is 0 Å². The Bertz CT molecular complexity index is 637. The lowest BCUT2D eigenvalue weighted by Crippen LogP contribution is -2.55. The van der Waals surface area contributed by atoms with Crippen molar-refractivity contribution < 1.29 is 14.7 Å². The number of carbonyl (C=O) groups excluding carboxylic acids is 1. The first-order valence-corrected chi connectivity index (χ1v) is 6.77. The monoisotopic (exact) mass is 307 g/mol. The summed E-state index contributed by atoms with van der Waals surface area (Å²) in [5.41, 5.74) is -0.820. The molecule has 0 bridgehead atoms. The molecule has 1 unspecified atom stereocenters. The lowest BCUT2D eigenvalue weighted by atomic mass is 9.96.